The molecule has 0 radical (unpaired) electrons. The molecule has 2 amide bonds. The van der Waals surface area contributed by atoms with E-state index in [-0.39, 0.29) is 11.8 Å². The minimum absolute atomic E-state index is 0.0137. The molecule has 0 saturated carbocycles. The third-order valence-electron chi connectivity index (χ3n) is 5.70. The summed E-state index contributed by atoms with van der Waals surface area (Å²) in [4.78, 5) is 39.0. The Labute approximate surface area is 199 Å². The summed E-state index contributed by atoms with van der Waals surface area (Å²) in [5, 5.41) is 6.34. The molecule has 0 spiro atoms. The first-order chi connectivity index (χ1) is 16.0. The van der Waals surface area contributed by atoms with Crippen molar-refractivity contribution in [1.82, 2.24) is 29.5 Å². The summed E-state index contributed by atoms with van der Waals surface area (Å²) in [6, 6.07) is 9.62. The van der Waals surface area contributed by atoms with Crippen LogP contribution in [0.25, 0.3) is 10.2 Å². The molecule has 168 valence electrons. The molecule has 1 aromatic carbocycles. The fourth-order valence-electron chi connectivity index (χ4n) is 3.93. The zero-order valence-electron chi connectivity index (χ0n) is 17.9. The van der Waals surface area contributed by atoms with E-state index in [1.807, 2.05) is 41.9 Å². The molecule has 4 heterocycles. The predicted octanol–water partition coefficient (Wildman–Crippen LogP) is 3.50. The Hall–Kier alpha value is -3.30. The first kappa shape index (κ1) is 21.5. The third-order valence-corrected chi connectivity index (χ3v) is 7.09. The highest BCUT2D eigenvalue weighted by Gasteiger charge is 2.27. The zero-order valence-corrected chi connectivity index (χ0v) is 19.5. The third kappa shape index (κ3) is 4.34. The van der Waals surface area contributed by atoms with E-state index in [0.29, 0.717) is 48.3 Å². The Morgan fingerprint density at radius 3 is 2.39 bits per heavy atom. The number of nitrogens with zero attached hydrogens (tertiary/aromatic N) is 6. The average molecular weight is 481 g/mol. The number of rotatable bonds is 4. The smallest absolute Gasteiger partial charge is 0.274 e. The van der Waals surface area contributed by atoms with Crippen LogP contribution in [-0.2, 0) is 6.54 Å². The number of hydrogen-bond acceptors (Lipinski definition) is 6. The maximum Gasteiger partial charge on any atom is 0.274 e. The monoisotopic (exact) mass is 480 g/mol. The van der Waals surface area contributed by atoms with E-state index in [9.17, 15) is 9.59 Å². The maximum absolute atomic E-state index is 13.2. The number of fused-ring (bicyclic) bond motifs is 1. The lowest BCUT2D eigenvalue weighted by Crippen LogP contribution is -2.50. The summed E-state index contributed by atoms with van der Waals surface area (Å²) >= 11 is 7.45. The first-order valence-corrected chi connectivity index (χ1v) is 11.7. The molecule has 1 saturated heterocycles. The lowest BCUT2D eigenvalue weighted by molar-refractivity contribution is 0.0534. The molecule has 4 aromatic rings. The van der Waals surface area contributed by atoms with Crippen LogP contribution in [0.15, 0.2) is 48.9 Å². The van der Waals surface area contributed by atoms with Gasteiger partial charge in [-0.2, -0.15) is 5.10 Å². The maximum atomic E-state index is 13.2. The van der Waals surface area contributed by atoms with Gasteiger partial charge in [0.05, 0.1) is 23.3 Å². The van der Waals surface area contributed by atoms with Crippen LogP contribution in [0.3, 0.4) is 0 Å². The number of carbonyl (C=O) groups excluding carboxylic acids is 2. The van der Waals surface area contributed by atoms with Crippen LogP contribution in [0.5, 0.6) is 0 Å². The molecule has 0 unspecified atom stereocenters. The highest BCUT2D eigenvalue weighted by Crippen LogP contribution is 2.30. The lowest BCUT2D eigenvalue weighted by atomic mass is 10.2. The normalized spacial score (nSPS) is 14.1. The number of carbonyl (C=O) groups is 2. The summed E-state index contributed by atoms with van der Waals surface area (Å²) in [7, 11) is 0. The number of piperazine rings is 1. The van der Waals surface area contributed by atoms with Crippen LogP contribution < -0.4 is 0 Å². The molecule has 1 aliphatic rings. The molecule has 0 bridgehead atoms. The van der Waals surface area contributed by atoms with Crippen molar-refractivity contribution in [2.24, 2.45) is 0 Å². The van der Waals surface area contributed by atoms with Gasteiger partial charge in [0.2, 0.25) is 0 Å². The van der Waals surface area contributed by atoms with Crippen LogP contribution in [0.2, 0.25) is 5.02 Å². The second-order valence-corrected chi connectivity index (χ2v) is 9.34. The van der Waals surface area contributed by atoms with Gasteiger partial charge in [0, 0.05) is 49.0 Å². The van der Waals surface area contributed by atoms with Crippen LogP contribution in [0.1, 0.15) is 31.4 Å². The van der Waals surface area contributed by atoms with Crippen LogP contribution in [0.4, 0.5) is 0 Å². The van der Waals surface area contributed by atoms with Crippen molar-refractivity contribution < 1.29 is 9.59 Å². The topological polar surface area (TPSA) is 84.2 Å². The molecule has 33 heavy (non-hydrogen) atoms. The number of amides is 2. The molecule has 8 nitrogen and oxygen atoms in total. The van der Waals surface area contributed by atoms with E-state index < -0.39 is 0 Å². The van der Waals surface area contributed by atoms with E-state index in [2.05, 4.69) is 15.1 Å². The molecular formula is C23H21ClN6O2S. The van der Waals surface area contributed by atoms with Crippen molar-refractivity contribution in [3.63, 3.8) is 0 Å². The number of hydrogen-bond donors (Lipinski definition) is 0. The molecule has 0 aliphatic carbocycles. The first-order valence-electron chi connectivity index (χ1n) is 10.6. The van der Waals surface area contributed by atoms with Crippen molar-refractivity contribution in [2.45, 2.75) is 13.5 Å². The number of benzene rings is 1. The van der Waals surface area contributed by atoms with Crippen LogP contribution >= 0.6 is 22.9 Å². The van der Waals surface area contributed by atoms with Gasteiger partial charge in [-0.3, -0.25) is 19.3 Å². The van der Waals surface area contributed by atoms with Gasteiger partial charge in [0.1, 0.15) is 10.5 Å². The SMILES string of the molecule is Cc1nn(Cc2ccc(Cl)cc2)c2sc(C(=O)N3CCN(C(=O)c4cnccn4)CC3)cc12. The second-order valence-electron chi connectivity index (χ2n) is 7.87. The summed E-state index contributed by atoms with van der Waals surface area (Å²) in [6.07, 6.45) is 4.51. The van der Waals surface area contributed by atoms with Gasteiger partial charge in [0.25, 0.3) is 11.8 Å². The Bertz CT molecular complexity index is 1310. The minimum atomic E-state index is -0.157. The Balaban J connectivity index is 1.29. The summed E-state index contributed by atoms with van der Waals surface area (Å²) < 4.78 is 1.94. The molecular weight excluding hydrogens is 460 g/mol. The molecule has 0 N–H and O–H groups in total. The fourth-order valence-corrected chi connectivity index (χ4v) is 5.18. The van der Waals surface area contributed by atoms with Gasteiger partial charge in [-0.25, -0.2) is 4.98 Å². The Kier molecular flexibility index (Phi) is 5.82. The minimum Gasteiger partial charge on any atom is -0.334 e. The summed E-state index contributed by atoms with van der Waals surface area (Å²) in [5.74, 6) is -0.171. The van der Waals surface area contributed by atoms with Crippen molar-refractivity contribution in [1.29, 1.82) is 0 Å². The molecule has 10 heteroatoms. The molecule has 5 rings (SSSR count). The van der Waals surface area contributed by atoms with Crippen molar-refractivity contribution in [2.75, 3.05) is 26.2 Å². The standard InChI is InChI=1S/C23H21ClN6O2S/c1-15-18-12-20(33-23(18)30(27-15)14-16-2-4-17(24)5-3-16)22(32)29-10-8-28(9-11-29)21(31)19-13-25-6-7-26-19/h2-7,12-13H,8-11,14H2,1H3. The van der Waals surface area contributed by atoms with Crippen molar-refractivity contribution in [3.8, 4) is 0 Å². The molecule has 1 fully saturated rings. The number of aryl methyl sites for hydroxylation is 1. The molecule has 0 atom stereocenters. The highest BCUT2D eigenvalue weighted by molar-refractivity contribution is 7.20. The molecule has 1 aliphatic heterocycles. The van der Waals surface area contributed by atoms with Gasteiger partial charge in [-0.05, 0) is 30.7 Å². The van der Waals surface area contributed by atoms with Crippen molar-refractivity contribution >= 4 is 45.0 Å². The Morgan fingerprint density at radius 1 is 1.03 bits per heavy atom. The highest BCUT2D eigenvalue weighted by atomic mass is 35.5. The summed E-state index contributed by atoms with van der Waals surface area (Å²) in [5.41, 5.74) is 2.31. The van der Waals surface area contributed by atoms with Gasteiger partial charge in [0.15, 0.2) is 0 Å². The van der Waals surface area contributed by atoms with E-state index in [4.69, 9.17) is 11.6 Å². The van der Waals surface area contributed by atoms with E-state index in [1.54, 1.807) is 9.80 Å². The van der Waals surface area contributed by atoms with Gasteiger partial charge < -0.3 is 9.80 Å². The van der Waals surface area contributed by atoms with Gasteiger partial charge >= 0.3 is 0 Å². The zero-order chi connectivity index (χ0) is 22.9. The van der Waals surface area contributed by atoms with Gasteiger partial charge in [-0.15, -0.1) is 11.3 Å². The number of aromatic nitrogens is 4. The van der Waals surface area contributed by atoms with Gasteiger partial charge in [-0.1, -0.05) is 23.7 Å². The van der Waals surface area contributed by atoms with E-state index >= 15 is 0 Å². The van der Waals surface area contributed by atoms with Crippen LogP contribution in [-0.4, -0.2) is 67.5 Å². The quantitative estimate of drug-likeness (QED) is 0.446. The number of thiophene rings is 1. The van der Waals surface area contributed by atoms with E-state index in [0.717, 1.165) is 21.5 Å². The van der Waals surface area contributed by atoms with E-state index in [1.165, 1.54) is 29.9 Å². The summed E-state index contributed by atoms with van der Waals surface area (Å²) in [6.45, 7) is 4.46. The largest absolute Gasteiger partial charge is 0.334 e. The molecule has 3 aromatic heterocycles. The second kappa shape index (κ2) is 8.92. The predicted molar refractivity (Wildman–Crippen MR) is 127 cm³/mol. The van der Waals surface area contributed by atoms with Crippen molar-refractivity contribution in [3.05, 3.63) is 75.8 Å². The number of halogens is 1. The Morgan fingerprint density at radius 2 is 1.73 bits per heavy atom. The fraction of sp³-hybridized carbons (Fsp3) is 0.261. The average Bonchev–Trinajstić information content (AvgIpc) is 3.41. The lowest BCUT2D eigenvalue weighted by Gasteiger charge is -2.34. The van der Waals surface area contributed by atoms with Crippen LogP contribution in [0, 0.1) is 6.92 Å².